The number of aryl methyl sites for hydroxylation is 1. The zero-order chi connectivity index (χ0) is 13.2. The molecule has 1 unspecified atom stereocenters. The number of para-hydroxylation sites is 2. The highest BCUT2D eigenvalue weighted by Gasteiger charge is 2.14. The average Bonchev–Trinajstić information content (AvgIpc) is 3.05. The molecule has 3 rings (SSSR count). The lowest BCUT2D eigenvalue weighted by Gasteiger charge is -2.13. The molecule has 3 aromatic rings. The van der Waals surface area contributed by atoms with Crippen molar-refractivity contribution in [2.75, 3.05) is 0 Å². The Balaban J connectivity index is 1.89. The second kappa shape index (κ2) is 4.85. The van der Waals surface area contributed by atoms with Crippen molar-refractivity contribution in [3.8, 4) is 0 Å². The average molecular weight is 256 g/mol. The van der Waals surface area contributed by atoms with Crippen LogP contribution in [-0.4, -0.2) is 24.4 Å². The molecule has 0 bridgehead atoms. The lowest BCUT2D eigenvalue weighted by atomic mass is 10.2. The Morgan fingerprint density at radius 1 is 1.26 bits per heavy atom. The number of benzene rings is 1. The Morgan fingerprint density at radius 2 is 2.11 bits per heavy atom. The van der Waals surface area contributed by atoms with Gasteiger partial charge in [-0.05, 0) is 25.1 Å². The number of aliphatic hydroxyl groups excluding tert-OH is 1. The van der Waals surface area contributed by atoms with Crippen LogP contribution in [0, 0.1) is 0 Å². The number of aliphatic hydroxyl groups is 1. The number of hydrogen-bond acceptors (Lipinski definition) is 3. The molecule has 0 fully saturated rings. The summed E-state index contributed by atoms with van der Waals surface area (Å²) in [5.74, 6) is 0. The third-order valence-electron chi connectivity index (χ3n) is 3.29. The van der Waals surface area contributed by atoms with Crippen molar-refractivity contribution in [2.45, 2.75) is 26.1 Å². The topological polar surface area (TPSA) is 55.9 Å². The van der Waals surface area contributed by atoms with E-state index < -0.39 is 6.10 Å². The number of fused-ring (bicyclic) bond motifs is 1. The van der Waals surface area contributed by atoms with Gasteiger partial charge in [-0.1, -0.05) is 12.1 Å². The van der Waals surface area contributed by atoms with E-state index in [1.54, 1.807) is 12.5 Å². The van der Waals surface area contributed by atoms with Gasteiger partial charge in [-0.15, -0.1) is 0 Å². The van der Waals surface area contributed by atoms with Gasteiger partial charge in [-0.25, -0.2) is 4.98 Å². The van der Waals surface area contributed by atoms with Crippen molar-refractivity contribution in [2.24, 2.45) is 0 Å². The molecule has 1 atom stereocenters. The third-order valence-corrected chi connectivity index (χ3v) is 3.29. The number of nitrogens with zero attached hydrogens (tertiary/aromatic N) is 4. The molecule has 1 aromatic carbocycles. The summed E-state index contributed by atoms with van der Waals surface area (Å²) in [6.45, 7) is 3.24. The molecule has 0 aliphatic carbocycles. The van der Waals surface area contributed by atoms with Gasteiger partial charge in [0.05, 0.1) is 29.6 Å². The lowest BCUT2D eigenvalue weighted by molar-refractivity contribution is 0.147. The minimum absolute atomic E-state index is 0.478. The van der Waals surface area contributed by atoms with Gasteiger partial charge in [0.1, 0.15) is 6.10 Å². The molecule has 0 saturated carbocycles. The Morgan fingerprint density at radius 3 is 2.95 bits per heavy atom. The number of rotatable bonds is 4. The van der Waals surface area contributed by atoms with Gasteiger partial charge in [0.15, 0.2) is 0 Å². The van der Waals surface area contributed by atoms with Crippen LogP contribution < -0.4 is 0 Å². The first-order valence-corrected chi connectivity index (χ1v) is 6.39. The van der Waals surface area contributed by atoms with Gasteiger partial charge >= 0.3 is 0 Å². The van der Waals surface area contributed by atoms with Crippen molar-refractivity contribution >= 4 is 11.0 Å². The summed E-state index contributed by atoms with van der Waals surface area (Å²) in [5.41, 5.74) is 2.81. The number of hydrogen-bond donors (Lipinski definition) is 1. The van der Waals surface area contributed by atoms with Gasteiger partial charge in [0, 0.05) is 12.7 Å². The lowest BCUT2D eigenvalue weighted by Crippen LogP contribution is -2.13. The molecule has 0 aliphatic heterocycles. The second-order valence-electron chi connectivity index (χ2n) is 4.47. The molecule has 0 spiro atoms. The molecule has 5 nitrogen and oxygen atoms in total. The maximum absolute atomic E-state index is 10.3. The zero-order valence-corrected chi connectivity index (χ0v) is 10.8. The molecule has 1 N–H and O–H groups in total. The molecule has 98 valence electrons. The van der Waals surface area contributed by atoms with Gasteiger partial charge in [-0.3, -0.25) is 4.68 Å². The Bertz CT molecular complexity index is 685. The number of aromatic nitrogens is 4. The van der Waals surface area contributed by atoms with Crippen molar-refractivity contribution < 1.29 is 5.11 Å². The first-order chi connectivity index (χ1) is 9.29. The standard InChI is InChI=1S/C14H16N4O/c1-2-18-13(7-8-16-18)14(19)9-17-10-15-11-5-3-4-6-12(11)17/h3-8,10,14,19H,2,9H2,1H3. The fourth-order valence-corrected chi connectivity index (χ4v) is 2.33. The monoisotopic (exact) mass is 256 g/mol. The first-order valence-electron chi connectivity index (χ1n) is 6.39. The molecule has 5 heteroatoms. The summed E-state index contributed by atoms with van der Waals surface area (Å²) in [6.07, 6.45) is 2.90. The zero-order valence-electron chi connectivity index (χ0n) is 10.8. The van der Waals surface area contributed by atoms with Gasteiger partial charge in [0.2, 0.25) is 0 Å². The fraction of sp³-hybridized carbons (Fsp3) is 0.286. The van der Waals surface area contributed by atoms with Gasteiger partial charge in [0.25, 0.3) is 0 Å². The van der Waals surface area contributed by atoms with Crippen LogP contribution in [0.15, 0.2) is 42.9 Å². The van der Waals surface area contributed by atoms with Crippen molar-refractivity contribution in [1.82, 2.24) is 19.3 Å². The SMILES string of the molecule is CCn1nccc1C(O)Cn1cnc2ccccc21. The van der Waals surface area contributed by atoms with Crippen LogP contribution in [0.3, 0.4) is 0 Å². The molecule has 19 heavy (non-hydrogen) atoms. The molecule has 2 aromatic heterocycles. The van der Waals surface area contributed by atoms with Gasteiger partial charge < -0.3 is 9.67 Å². The first kappa shape index (κ1) is 11.9. The normalized spacial score (nSPS) is 12.9. The summed E-state index contributed by atoms with van der Waals surface area (Å²) in [4.78, 5) is 4.33. The molecule has 0 radical (unpaired) electrons. The predicted octanol–water partition coefficient (Wildman–Crippen LogP) is 1.99. The molecule has 0 amide bonds. The Labute approximate surface area is 111 Å². The predicted molar refractivity (Wildman–Crippen MR) is 72.6 cm³/mol. The van der Waals surface area contributed by atoms with E-state index >= 15 is 0 Å². The highest BCUT2D eigenvalue weighted by atomic mass is 16.3. The summed E-state index contributed by atoms with van der Waals surface area (Å²) in [6, 6.07) is 9.76. The van der Waals surface area contributed by atoms with E-state index in [2.05, 4.69) is 10.1 Å². The van der Waals surface area contributed by atoms with Crippen molar-refractivity contribution in [3.63, 3.8) is 0 Å². The van der Waals surface area contributed by atoms with Crippen LogP contribution in [0.4, 0.5) is 0 Å². The maximum atomic E-state index is 10.3. The minimum Gasteiger partial charge on any atom is -0.385 e. The van der Waals surface area contributed by atoms with E-state index in [4.69, 9.17) is 0 Å². The molecule has 2 heterocycles. The number of imidazole rings is 1. The maximum Gasteiger partial charge on any atom is 0.113 e. The Kier molecular flexibility index (Phi) is 3.05. The van der Waals surface area contributed by atoms with Crippen LogP contribution >= 0.6 is 0 Å². The molecular weight excluding hydrogens is 240 g/mol. The smallest absolute Gasteiger partial charge is 0.113 e. The van der Waals surface area contributed by atoms with Gasteiger partial charge in [-0.2, -0.15) is 5.10 Å². The summed E-state index contributed by atoms with van der Waals surface area (Å²) in [5, 5.41) is 14.5. The quantitative estimate of drug-likeness (QED) is 0.776. The Hall–Kier alpha value is -2.14. The van der Waals surface area contributed by atoms with E-state index in [1.807, 2.05) is 46.5 Å². The van der Waals surface area contributed by atoms with Crippen LogP contribution in [-0.2, 0) is 13.1 Å². The third kappa shape index (κ3) is 2.13. The van der Waals surface area contributed by atoms with E-state index in [9.17, 15) is 5.11 Å². The van der Waals surface area contributed by atoms with Crippen molar-refractivity contribution in [1.29, 1.82) is 0 Å². The highest BCUT2D eigenvalue weighted by Crippen LogP contribution is 2.18. The second-order valence-corrected chi connectivity index (χ2v) is 4.47. The van der Waals surface area contributed by atoms with E-state index in [1.165, 1.54) is 0 Å². The minimum atomic E-state index is -0.583. The summed E-state index contributed by atoms with van der Waals surface area (Å²) in [7, 11) is 0. The van der Waals surface area contributed by atoms with E-state index in [-0.39, 0.29) is 0 Å². The van der Waals surface area contributed by atoms with E-state index in [0.717, 1.165) is 23.3 Å². The van der Waals surface area contributed by atoms with Crippen molar-refractivity contribution in [3.05, 3.63) is 48.5 Å². The highest BCUT2D eigenvalue weighted by molar-refractivity contribution is 5.74. The molecular formula is C14H16N4O. The van der Waals surface area contributed by atoms with E-state index in [0.29, 0.717) is 6.54 Å². The fourth-order valence-electron chi connectivity index (χ4n) is 2.33. The van der Waals surface area contributed by atoms with Crippen LogP contribution in [0.2, 0.25) is 0 Å². The van der Waals surface area contributed by atoms with Crippen LogP contribution in [0.5, 0.6) is 0 Å². The molecule has 0 aliphatic rings. The molecule has 0 saturated heterocycles. The van der Waals surface area contributed by atoms with Crippen LogP contribution in [0.25, 0.3) is 11.0 Å². The summed E-state index contributed by atoms with van der Waals surface area (Å²) < 4.78 is 3.77. The van der Waals surface area contributed by atoms with Crippen LogP contribution in [0.1, 0.15) is 18.7 Å². The largest absolute Gasteiger partial charge is 0.385 e. The summed E-state index contributed by atoms with van der Waals surface area (Å²) >= 11 is 0.